The van der Waals surface area contributed by atoms with Crippen molar-refractivity contribution in [2.24, 2.45) is 11.8 Å². The molecule has 2 atom stereocenters. The number of rotatable bonds is 2. The van der Waals surface area contributed by atoms with Crippen molar-refractivity contribution in [3.8, 4) is 0 Å². The Balaban J connectivity index is 2.10. The number of nitrogens with one attached hydrogen (secondary N) is 1. The second-order valence-corrected chi connectivity index (χ2v) is 4.87. The van der Waals surface area contributed by atoms with Crippen LogP contribution in [0.3, 0.4) is 0 Å². The summed E-state index contributed by atoms with van der Waals surface area (Å²) in [7, 11) is 0. The van der Waals surface area contributed by atoms with Gasteiger partial charge in [0.2, 0.25) is 0 Å². The first-order valence-electron chi connectivity index (χ1n) is 5.07. The molecule has 0 amide bonds. The normalized spacial score (nSPS) is 27.5. The Morgan fingerprint density at radius 3 is 3.14 bits per heavy atom. The average Bonchev–Trinajstić information content (AvgIpc) is 2.70. The van der Waals surface area contributed by atoms with E-state index in [4.69, 9.17) is 0 Å². The zero-order chi connectivity index (χ0) is 9.97. The highest BCUT2D eigenvalue weighted by molar-refractivity contribution is 7.12. The number of carbonyl (C=O) groups is 1. The van der Waals surface area contributed by atoms with Crippen molar-refractivity contribution in [2.75, 3.05) is 13.1 Å². The molecule has 2 nitrogen and oxygen atoms in total. The van der Waals surface area contributed by atoms with Gasteiger partial charge in [0.25, 0.3) is 0 Å². The quantitative estimate of drug-likeness (QED) is 0.756. The molecule has 1 aliphatic rings. The Labute approximate surface area is 88.3 Å². The SMILES string of the molecule is CC1CCNCC1C(=O)c1cccs1. The molecule has 0 spiro atoms. The molecule has 1 fully saturated rings. The lowest BCUT2D eigenvalue weighted by Gasteiger charge is -2.27. The topological polar surface area (TPSA) is 29.1 Å². The summed E-state index contributed by atoms with van der Waals surface area (Å²) in [4.78, 5) is 12.9. The van der Waals surface area contributed by atoms with Crippen molar-refractivity contribution in [3.05, 3.63) is 22.4 Å². The van der Waals surface area contributed by atoms with E-state index >= 15 is 0 Å². The van der Waals surface area contributed by atoms with Crippen LogP contribution in [0.2, 0.25) is 0 Å². The summed E-state index contributed by atoms with van der Waals surface area (Å²) in [5.41, 5.74) is 0. The highest BCUT2D eigenvalue weighted by atomic mass is 32.1. The van der Waals surface area contributed by atoms with Crippen LogP contribution in [0.5, 0.6) is 0 Å². The van der Waals surface area contributed by atoms with Crippen LogP contribution in [0.25, 0.3) is 0 Å². The van der Waals surface area contributed by atoms with Crippen molar-refractivity contribution >= 4 is 17.1 Å². The summed E-state index contributed by atoms with van der Waals surface area (Å²) >= 11 is 1.55. The van der Waals surface area contributed by atoms with Crippen LogP contribution in [0.1, 0.15) is 23.0 Å². The fourth-order valence-corrected chi connectivity index (χ4v) is 2.67. The van der Waals surface area contributed by atoms with E-state index in [1.165, 1.54) is 0 Å². The lowest BCUT2D eigenvalue weighted by Crippen LogP contribution is -2.39. The molecular formula is C11H15NOS. The predicted octanol–water partition coefficient (Wildman–Crippen LogP) is 2.18. The number of carbonyl (C=O) groups excluding carboxylic acids is 1. The number of thiophene rings is 1. The summed E-state index contributed by atoms with van der Waals surface area (Å²) < 4.78 is 0. The minimum atomic E-state index is 0.183. The van der Waals surface area contributed by atoms with E-state index in [0.29, 0.717) is 11.7 Å². The minimum Gasteiger partial charge on any atom is -0.316 e. The molecule has 0 radical (unpaired) electrons. The van der Waals surface area contributed by atoms with E-state index in [2.05, 4.69) is 12.2 Å². The Bertz CT molecular complexity index is 307. The summed E-state index contributed by atoms with van der Waals surface area (Å²) in [5, 5.41) is 5.26. The molecule has 0 aliphatic carbocycles. The summed E-state index contributed by atoms with van der Waals surface area (Å²) in [6.07, 6.45) is 1.11. The van der Waals surface area contributed by atoms with Crippen LogP contribution >= 0.6 is 11.3 Å². The van der Waals surface area contributed by atoms with Gasteiger partial charge in [-0.3, -0.25) is 4.79 Å². The maximum absolute atomic E-state index is 12.0. The number of Topliss-reactive ketones (excluding diaryl/α,β-unsaturated/α-hetero) is 1. The zero-order valence-electron chi connectivity index (χ0n) is 8.32. The van der Waals surface area contributed by atoms with E-state index in [0.717, 1.165) is 24.4 Å². The molecule has 1 N–H and O–H groups in total. The number of piperidine rings is 1. The molecule has 1 saturated heterocycles. The zero-order valence-corrected chi connectivity index (χ0v) is 9.14. The highest BCUT2D eigenvalue weighted by Gasteiger charge is 2.28. The molecule has 0 saturated carbocycles. The molecule has 1 aliphatic heterocycles. The fraction of sp³-hybridized carbons (Fsp3) is 0.545. The van der Waals surface area contributed by atoms with Crippen LogP contribution in [-0.4, -0.2) is 18.9 Å². The van der Waals surface area contributed by atoms with Crippen LogP contribution in [0.15, 0.2) is 17.5 Å². The first-order chi connectivity index (χ1) is 6.79. The van der Waals surface area contributed by atoms with Crippen molar-refractivity contribution in [1.29, 1.82) is 0 Å². The maximum atomic E-state index is 12.0. The lowest BCUT2D eigenvalue weighted by molar-refractivity contribution is 0.0857. The molecule has 0 bridgehead atoms. The third-order valence-corrected chi connectivity index (χ3v) is 3.81. The molecule has 2 unspecified atom stereocenters. The average molecular weight is 209 g/mol. The molecule has 2 rings (SSSR count). The third-order valence-electron chi connectivity index (χ3n) is 2.93. The molecular weight excluding hydrogens is 194 g/mol. The van der Waals surface area contributed by atoms with Gasteiger partial charge < -0.3 is 5.32 Å². The van der Waals surface area contributed by atoms with Crippen LogP contribution < -0.4 is 5.32 Å². The summed E-state index contributed by atoms with van der Waals surface area (Å²) in [6.45, 7) is 4.07. The van der Waals surface area contributed by atoms with Crippen LogP contribution in [0.4, 0.5) is 0 Å². The number of hydrogen-bond acceptors (Lipinski definition) is 3. The summed E-state index contributed by atoms with van der Waals surface area (Å²) in [6, 6.07) is 3.87. The Kier molecular flexibility index (Phi) is 2.99. The highest BCUT2D eigenvalue weighted by Crippen LogP contribution is 2.24. The largest absolute Gasteiger partial charge is 0.316 e. The molecule has 1 aromatic rings. The van der Waals surface area contributed by atoms with E-state index in [9.17, 15) is 4.79 Å². The van der Waals surface area contributed by atoms with Gasteiger partial charge in [0.15, 0.2) is 5.78 Å². The van der Waals surface area contributed by atoms with Gasteiger partial charge in [-0.2, -0.15) is 0 Å². The van der Waals surface area contributed by atoms with Gasteiger partial charge in [0, 0.05) is 12.5 Å². The smallest absolute Gasteiger partial charge is 0.177 e. The fourth-order valence-electron chi connectivity index (χ4n) is 1.94. The van der Waals surface area contributed by atoms with Crippen LogP contribution in [-0.2, 0) is 0 Å². The van der Waals surface area contributed by atoms with Gasteiger partial charge in [-0.25, -0.2) is 0 Å². The first kappa shape index (κ1) is 9.87. The maximum Gasteiger partial charge on any atom is 0.177 e. The molecule has 14 heavy (non-hydrogen) atoms. The van der Waals surface area contributed by atoms with E-state index in [-0.39, 0.29) is 5.92 Å². The van der Waals surface area contributed by atoms with Crippen molar-refractivity contribution in [2.45, 2.75) is 13.3 Å². The van der Waals surface area contributed by atoms with Gasteiger partial charge in [0.1, 0.15) is 0 Å². The Morgan fingerprint density at radius 2 is 2.50 bits per heavy atom. The second-order valence-electron chi connectivity index (χ2n) is 3.92. The van der Waals surface area contributed by atoms with Gasteiger partial charge >= 0.3 is 0 Å². The molecule has 0 aromatic carbocycles. The van der Waals surface area contributed by atoms with E-state index in [1.807, 2.05) is 17.5 Å². The predicted molar refractivity (Wildman–Crippen MR) is 58.8 cm³/mol. The first-order valence-corrected chi connectivity index (χ1v) is 5.95. The standard InChI is InChI=1S/C11H15NOS/c1-8-4-5-12-7-9(8)11(13)10-3-2-6-14-10/h2-3,6,8-9,12H,4-5,7H2,1H3. The van der Waals surface area contributed by atoms with E-state index in [1.54, 1.807) is 11.3 Å². The number of hydrogen-bond donors (Lipinski definition) is 1. The molecule has 3 heteroatoms. The monoisotopic (exact) mass is 209 g/mol. The van der Waals surface area contributed by atoms with E-state index < -0.39 is 0 Å². The number of ketones is 1. The third kappa shape index (κ3) is 1.88. The molecule has 2 heterocycles. The molecule has 1 aromatic heterocycles. The van der Waals surface area contributed by atoms with Gasteiger partial charge in [-0.1, -0.05) is 13.0 Å². The van der Waals surface area contributed by atoms with Gasteiger partial charge in [-0.15, -0.1) is 11.3 Å². The van der Waals surface area contributed by atoms with Gasteiger partial charge in [0.05, 0.1) is 4.88 Å². The van der Waals surface area contributed by atoms with Crippen LogP contribution in [0, 0.1) is 11.8 Å². The van der Waals surface area contributed by atoms with Crippen molar-refractivity contribution in [3.63, 3.8) is 0 Å². The Morgan fingerprint density at radius 1 is 1.64 bits per heavy atom. The van der Waals surface area contributed by atoms with Crippen molar-refractivity contribution < 1.29 is 4.79 Å². The Hall–Kier alpha value is -0.670. The van der Waals surface area contributed by atoms with Crippen molar-refractivity contribution in [1.82, 2.24) is 5.32 Å². The second kappa shape index (κ2) is 4.24. The van der Waals surface area contributed by atoms with Gasteiger partial charge in [-0.05, 0) is 30.3 Å². The minimum absolute atomic E-state index is 0.183. The summed E-state index contributed by atoms with van der Waals surface area (Å²) in [5.74, 6) is 1.02. The molecule has 76 valence electrons. The lowest BCUT2D eigenvalue weighted by atomic mass is 9.84.